The Morgan fingerprint density at radius 2 is 2.24 bits per heavy atom. The van der Waals surface area contributed by atoms with Crippen molar-refractivity contribution in [1.82, 2.24) is 9.80 Å². The van der Waals surface area contributed by atoms with Crippen molar-refractivity contribution >= 4 is 5.91 Å². The number of rotatable bonds is 5. The number of hydrogen-bond acceptors (Lipinski definition) is 3. The zero-order valence-electron chi connectivity index (χ0n) is 11.7. The Balaban J connectivity index is 2.46. The highest BCUT2D eigenvalue weighted by Gasteiger charge is 2.31. The van der Waals surface area contributed by atoms with Crippen LogP contribution in [-0.4, -0.2) is 55.0 Å². The van der Waals surface area contributed by atoms with Gasteiger partial charge in [-0.1, -0.05) is 13.3 Å². The molecule has 1 rings (SSSR count). The summed E-state index contributed by atoms with van der Waals surface area (Å²) in [5.41, 5.74) is 5.37. The average Bonchev–Trinajstić information content (AvgIpc) is 2.62. The fourth-order valence-corrected chi connectivity index (χ4v) is 2.71. The zero-order chi connectivity index (χ0) is 13.1. The van der Waals surface area contributed by atoms with E-state index in [1.54, 1.807) is 0 Å². The molecule has 2 unspecified atom stereocenters. The van der Waals surface area contributed by atoms with Crippen molar-refractivity contribution in [3.63, 3.8) is 0 Å². The lowest BCUT2D eigenvalue weighted by molar-refractivity contribution is -0.135. The lowest BCUT2D eigenvalue weighted by Gasteiger charge is -2.30. The van der Waals surface area contributed by atoms with E-state index in [9.17, 15) is 4.79 Å². The van der Waals surface area contributed by atoms with Crippen molar-refractivity contribution in [3.05, 3.63) is 0 Å². The molecule has 4 nitrogen and oxygen atoms in total. The van der Waals surface area contributed by atoms with Gasteiger partial charge in [-0.2, -0.15) is 0 Å². The van der Waals surface area contributed by atoms with Crippen LogP contribution in [0.15, 0.2) is 0 Å². The maximum atomic E-state index is 12.2. The highest BCUT2D eigenvalue weighted by molar-refractivity contribution is 5.85. The number of likely N-dealkylation sites (N-methyl/N-ethyl adjacent to an activating group) is 1. The van der Waals surface area contributed by atoms with Gasteiger partial charge < -0.3 is 15.5 Å². The summed E-state index contributed by atoms with van der Waals surface area (Å²) in [5, 5.41) is 0. The largest absolute Gasteiger partial charge is 0.344 e. The van der Waals surface area contributed by atoms with Crippen LogP contribution in [0.4, 0.5) is 0 Å². The second-order valence-corrected chi connectivity index (χ2v) is 5.77. The molecule has 4 heteroatoms. The molecule has 1 fully saturated rings. The summed E-state index contributed by atoms with van der Waals surface area (Å²) in [6.07, 6.45) is 2.88. The second-order valence-electron chi connectivity index (χ2n) is 5.77. The van der Waals surface area contributed by atoms with Gasteiger partial charge in [-0.3, -0.25) is 4.79 Å². The van der Waals surface area contributed by atoms with E-state index < -0.39 is 5.54 Å². The molecule has 0 spiro atoms. The van der Waals surface area contributed by atoms with Crippen molar-refractivity contribution in [2.24, 2.45) is 11.7 Å². The molecule has 2 atom stereocenters. The van der Waals surface area contributed by atoms with Gasteiger partial charge in [0.25, 0.3) is 0 Å². The normalized spacial score (nSPS) is 24.6. The number of carbonyl (C=O) groups excluding carboxylic acids is 1. The molecule has 1 heterocycles. The van der Waals surface area contributed by atoms with Crippen LogP contribution in [0.25, 0.3) is 0 Å². The van der Waals surface area contributed by atoms with Crippen LogP contribution in [0.1, 0.15) is 33.1 Å². The van der Waals surface area contributed by atoms with Crippen LogP contribution in [-0.2, 0) is 4.79 Å². The molecule has 0 radical (unpaired) electrons. The second kappa shape index (κ2) is 5.83. The van der Waals surface area contributed by atoms with Gasteiger partial charge in [-0.25, -0.2) is 0 Å². The van der Waals surface area contributed by atoms with Gasteiger partial charge in [0, 0.05) is 20.1 Å². The van der Waals surface area contributed by atoms with Gasteiger partial charge in [0.15, 0.2) is 0 Å². The standard InChI is InChI=1S/C13H27N3O/c1-5-7-13(2,14)12(17)16(4)10-11-6-8-15(3)9-11/h11H,5-10,14H2,1-4H3. The number of carbonyl (C=O) groups is 1. The fourth-order valence-electron chi connectivity index (χ4n) is 2.71. The van der Waals surface area contributed by atoms with E-state index in [0.717, 1.165) is 32.5 Å². The summed E-state index contributed by atoms with van der Waals surface area (Å²) in [7, 11) is 4.01. The van der Waals surface area contributed by atoms with Crippen molar-refractivity contribution in [1.29, 1.82) is 0 Å². The van der Waals surface area contributed by atoms with E-state index in [1.807, 2.05) is 18.9 Å². The van der Waals surface area contributed by atoms with E-state index in [-0.39, 0.29) is 5.91 Å². The van der Waals surface area contributed by atoms with Crippen molar-refractivity contribution < 1.29 is 4.79 Å². The van der Waals surface area contributed by atoms with Gasteiger partial charge in [0.1, 0.15) is 0 Å². The van der Waals surface area contributed by atoms with E-state index >= 15 is 0 Å². The molecule has 1 aliphatic rings. The molecule has 0 aromatic carbocycles. The number of nitrogens with two attached hydrogens (primary N) is 1. The molecular formula is C13H27N3O. The number of hydrogen-bond donors (Lipinski definition) is 1. The van der Waals surface area contributed by atoms with Gasteiger partial charge in [-0.15, -0.1) is 0 Å². The Hall–Kier alpha value is -0.610. The van der Waals surface area contributed by atoms with E-state index in [0.29, 0.717) is 5.92 Å². The highest BCUT2D eigenvalue weighted by atomic mass is 16.2. The van der Waals surface area contributed by atoms with E-state index in [4.69, 9.17) is 5.73 Å². The topological polar surface area (TPSA) is 49.6 Å². The van der Waals surface area contributed by atoms with Crippen LogP contribution in [0.2, 0.25) is 0 Å². The van der Waals surface area contributed by atoms with Crippen LogP contribution in [0.5, 0.6) is 0 Å². The molecule has 100 valence electrons. The Morgan fingerprint density at radius 3 is 2.71 bits per heavy atom. The van der Waals surface area contributed by atoms with Gasteiger partial charge in [0.2, 0.25) is 5.91 Å². The Morgan fingerprint density at radius 1 is 1.59 bits per heavy atom. The third-order valence-corrected chi connectivity index (χ3v) is 3.63. The summed E-state index contributed by atoms with van der Waals surface area (Å²) in [6, 6.07) is 0. The fraction of sp³-hybridized carbons (Fsp3) is 0.923. The summed E-state index contributed by atoms with van der Waals surface area (Å²) >= 11 is 0. The van der Waals surface area contributed by atoms with E-state index in [1.165, 1.54) is 6.42 Å². The maximum Gasteiger partial charge on any atom is 0.242 e. The molecule has 0 bridgehead atoms. The first-order chi connectivity index (χ1) is 7.86. The van der Waals surface area contributed by atoms with Crippen molar-refractivity contribution in [2.45, 2.75) is 38.6 Å². The first-order valence-electron chi connectivity index (χ1n) is 6.59. The average molecular weight is 241 g/mol. The number of likely N-dealkylation sites (tertiary alicyclic amines) is 1. The quantitative estimate of drug-likeness (QED) is 0.778. The molecule has 17 heavy (non-hydrogen) atoms. The Kier molecular flexibility index (Phi) is 4.95. The molecule has 1 saturated heterocycles. The third kappa shape index (κ3) is 3.96. The molecule has 0 aromatic rings. The minimum Gasteiger partial charge on any atom is -0.344 e. The van der Waals surface area contributed by atoms with Crippen LogP contribution >= 0.6 is 0 Å². The van der Waals surface area contributed by atoms with Crippen LogP contribution < -0.4 is 5.73 Å². The molecule has 1 aliphatic heterocycles. The van der Waals surface area contributed by atoms with Crippen LogP contribution in [0, 0.1) is 5.92 Å². The zero-order valence-corrected chi connectivity index (χ0v) is 11.7. The molecule has 0 saturated carbocycles. The summed E-state index contributed by atoms with van der Waals surface area (Å²) < 4.78 is 0. The minimum atomic E-state index is -0.700. The van der Waals surface area contributed by atoms with E-state index in [2.05, 4.69) is 18.9 Å². The Bertz CT molecular complexity index is 265. The maximum absolute atomic E-state index is 12.2. The van der Waals surface area contributed by atoms with Crippen molar-refractivity contribution in [3.8, 4) is 0 Å². The lowest BCUT2D eigenvalue weighted by atomic mass is 9.95. The number of nitrogens with zero attached hydrogens (tertiary/aromatic N) is 2. The smallest absolute Gasteiger partial charge is 0.242 e. The summed E-state index contributed by atoms with van der Waals surface area (Å²) in [4.78, 5) is 16.3. The summed E-state index contributed by atoms with van der Waals surface area (Å²) in [6.45, 7) is 6.97. The Labute approximate surface area is 105 Å². The molecule has 2 N–H and O–H groups in total. The predicted molar refractivity (Wildman–Crippen MR) is 70.7 cm³/mol. The molecular weight excluding hydrogens is 214 g/mol. The first-order valence-corrected chi connectivity index (χ1v) is 6.59. The predicted octanol–water partition coefficient (Wildman–Crippen LogP) is 0.914. The third-order valence-electron chi connectivity index (χ3n) is 3.63. The first kappa shape index (κ1) is 14.5. The van der Waals surface area contributed by atoms with Gasteiger partial charge in [-0.05, 0) is 39.3 Å². The van der Waals surface area contributed by atoms with Gasteiger partial charge >= 0.3 is 0 Å². The highest BCUT2D eigenvalue weighted by Crippen LogP contribution is 2.18. The monoisotopic (exact) mass is 241 g/mol. The van der Waals surface area contributed by atoms with Crippen LogP contribution in [0.3, 0.4) is 0 Å². The minimum absolute atomic E-state index is 0.0777. The molecule has 1 amide bonds. The molecule has 0 aliphatic carbocycles. The van der Waals surface area contributed by atoms with Gasteiger partial charge in [0.05, 0.1) is 5.54 Å². The number of amides is 1. The lowest BCUT2D eigenvalue weighted by Crippen LogP contribution is -2.53. The van der Waals surface area contributed by atoms with Crippen molar-refractivity contribution in [2.75, 3.05) is 33.7 Å². The SMILES string of the molecule is CCCC(C)(N)C(=O)N(C)CC1CCN(C)C1. The summed E-state index contributed by atoms with van der Waals surface area (Å²) in [5.74, 6) is 0.681. The molecule has 0 aromatic heterocycles.